The number of hydrogen-bond acceptors (Lipinski definition) is 8. The normalized spacial score (nSPS) is 16.4. The number of nitrogens with zero attached hydrogens (tertiary/aromatic N) is 5. The van der Waals surface area contributed by atoms with Crippen LogP contribution in [0.4, 0.5) is 0 Å². The van der Waals surface area contributed by atoms with Crippen molar-refractivity contribution >= 4 is 11.8 Å². The Balaban J connectivity index is 1.42. The van der Waals surface area contributed by atoms with Crippen molar-refractivity contribution in [1.29, 1.82) is 0 Å². The smallest absolute Gasteiger partial charge is 0.257 e. The van der Waals surface area contributed by atoms with Crippen LogP contribution in [0, 0.1) is 13.8 Å². The molecule has 1 N–H and O–H groups in total. The van der Waals surface area contributed by atoms with E-state index in [1.54, 1.807) is 31.1 Å². The third-order valence-corrected chi connectivity index (χ3v) is 4.87. The van der Waals surface area contributed by atoms with Gasteiger partial charge in [0.05, 0.1) is 12.2 Å². The van der Waals surface area contributed by atoms with Crippen LogP contribution in [0.15, 0.2) is 33.6 Å². The summed E-state index contributed by atoms with van der Waals surface area (Å²) in [6.07, 6.45) is 4.42. The Labute approximate surface area is 166 Å². The Bertz CT molecular complexity index is 1010. The predicted octanol–water partition coefficient (Wildman–Crippen LogP) is 1.86. The summed E-state index contributed by atoms with van der Waals surface area (Å²) in [5, 5.41) is 10.4. The molecule has 0 spiro atoms. The average Bonchev–Trinajstić information content (AvgIpc) is 3.41. The van der Waals surface area contributed by atoms with Crippen molar-refractivity contribution in [3.8, 4) is 0 Å². The van der Waals surface area contributed by atoms with Gasteiger partial charge in [-0.3, -0.25) is 14.6 Å². The highest BCUT2D eigenvalue weighted by atomic mass is 16.5. The number of likely N-dealkylation sites (tertiary alicyclic amines) is 1. The number of nitrogens with one attached hydrogen (secondary N) is 1. The molecular weight excluding hydrogens is 376 g/mol. The minimum absolute atomic E-state index is 0.0401. The van der Waals surface area contributed by atoms with E-state index in [9.17, 15) is 9.59 Å². The van der Waals surface area contributed by atoms with E-state index in [2.05, 4.69) is 25.6 Å². The van der Waals surface area contributed by atoms with Crippen LogP contribution >= 0.6 is 0 Å². The van der Waals surface area contributed by atoms with Gasteiger partial charge in [0.15, 0.2) is 5.82 Å². The summed E-state index contributed by atoms with van der Waals surface area (Å²) in [4.78, 5) is 34.8. The fourth-order valence-corrected chi connectivity index (χ4v) is 3.40. The SMILES string of the molecule is Cc1noc(C)c1C(=O)NCc1noc([C@@H]2CCC(=O)N2Cc2ccncc2)n1. The number of pyridine rings is 1. The van der Waals surface area contributed by atoms with E-state index >= 15 is 0 Å². The summed E-state index contributed by atoms with van der Waals surface area (Å²) < 4.78 is 10.4. The molecule has 4 heterocycles. The quantitative estimate of drug-likeness (QED) is 0.669. The molecule has 150 valence electrons. The van der Waals surface area contributed by atoms with Gasteiger partial charge < -0.3 is 19.3 Å². The van der Waals surface area contributed by atoms with Crippen LogP contribution in [-0.2, 0) is 17.9 Å². The molecule has 1 aliphatic heterocycles. The molecule has 2 amide bonds. The molecule has 1 aliphatic rings. The van der Waals surface area contributed by atoms with E-state index in [-0.39, 0.29) is 24.4 Å². The summed E-state index contributed by atoms with van der Waals surface area (Å²) in [5.74, 6) is 0.876. The molecule has 10 heteroatoms. The van der Waals surface area contributed by atoms with E-state index in [0.717, 1.165) is 5.56 Å². The van der Waals surface area contributed by atoms with Gasteiger partial charge in [0.2, 0.25) is 11.8 Å². The highest BCUT2D eigenvalue weighted by Gasteiger charge is 2.36. The number of rotatable bonds is 6. The van der Waals surface area contributed by atoms with Crippen molar-refractivity contribution in [2.45, 2.75) is 45.8 Å². The van der Waals surface area contributed by atoms with Gasteiger partial charge >= 0.3 is 0 Å². The fourth-order valence-electron chi connectivity index (χ4n) is 3.40. The molecule has 0 bridgehead atoms. The maximum atomic E-state index is 12.3. The predicted molar refractivity (Wildman–Crippen MR) is 98.2 cm³/mol. The number of aromatic nitrogens is 4. The molecule has 29 heavy (non-hydrogen) atoms. The summed E-state index contributed by atoms with van der Waals surface area (Å²) in [7, 11) is 0. The zero-order chi connectivity index (χ0) is 20.4. The van der Waals surface area contributed by atoms with Crippen LogP contribution in [-0.4, -0.2) is 37.0 Å². The van der Waals surface area contributed by atoms with Gasteiger partial charge in [-0.1, -0.05) is 10.3 Å². The Morgan fingerprint density at radius 3 is 2.76 bits per heavy atom. The van der Waals surface area contributed by atoms with Crippen LogP contribution in [0.2, 0.25) is 0 Å². The van der Waals surface area contributed by atoms with Gasteiger partial charge in [0.25, 0.3) is 5.91 Å². The molecule has 1 atom stereocenters. The van der Waals surface area contributed by atoms with Gasteiger partial charge in [-0.15, -0.1) is 0 Å². The maximum absolute atomic E-state index is 12.3. The van der Waals surface area contributed by atoms with Crippen molar-refractivity contribution in [2.75, 3.05) is 0 Å². The number of hydrogen-bond donors (Lipinski definition) is 1. The topological polar surface area (TPSA) is 127 Å². The number of amides is 2. The first-order chi connectivity index (χ1) is 14.0. The second kappa shape index (κ2) is 7.82. The highest BCUT2D eigenvalue weighted by Crippen LogP contribution is 2.33. The van der Waals surface area contributed by atoms with E-state index < -0.39 is 0 Å². The van der Waals surface area contributed by atoms with E-state index in [1.807, 2.05) is 12.1 Å². The second-order valence-corrected chi connectivity index (χ2v) is 6.86. The molecule has 0 saturated carbocycles. The minimum Gasteiger partial charge on any atom is -0.361 e. The lowest BCUT2D eigenvalue weighted by molar-refractivity contribution is -0.130. The first kappa shape index (κ1) is 18.8. The lowest BCUT2D eigenvalue weighted by Crippen LogP contribution is -2.27. The fraction of sp³-hybridized carbons (Fsp3) is 0.368. The molecule has 1 fully saturated rings. The Kier molecular flexibility index (Phi) is 5.07. The van der Waals surface area contributed by atoms with Gasteiger partial charge in [-0.2, -0.15) is 4.98 Å². The van der Waals surface area contributed by atoms with E-state index in [4.69, 9.17) is 9.05 Å². The van der Waals surface area contributed by atoms with Gasteiger partial charge in [0, 0.05) is 25.4 Å². The molecule has 3 aromatic rings. The summed E-state index contributed by atoms with van der Waals surface area (Å²) in [6.45, 7) is 3.92. The zero-order valence-electron chi connectivity index (χ0n) is 16.1. The van der Waals surface area contributed by atoms with E-state index in [0.29, 0.717) is 48.1 Å². The van der Waals surface area contributed by atoms with Crippen molar-refractivity contribution < 1.29 is 18.6 Å². The molecule has 0 radical (unpaired) electrons. The Morgan fingerprint density at radius 2 is 2.03 bits per heavy atom. The first-order valence-corrected chi connectivity index (χ1v) is 9.25. The lowest BCUT2D eigenvalue weighted by atomic mass is 10.2. The molecule has 10 nitrogen and oxygen atoms in total. The summed E-state index contributed by atoms with van der Waals surface area (Å²) in [5.41, 5.74) is 1.90. The first-order valence-electron chi connectivity index (χ1n) is 9.25. The summed E-state index contributed by atoms with van der Waals surface area (Å²) in [6, 6.07) is 3.45. The molecule has 0 aromatic carbocycles. The number of carbonyl (C=O) groups excluding carboxylic acids is 2. The Hall–Kier alpha value is -3.56. The lowest BCUT2D eigenvalue weighted by Gasteiger charge is -2.21. The standard InChI is InChI=1S/C19H20N6O4/c1-11-17(12(2)28-23-11)18(27)21-9-15-22-19(29-24-15)14-3-4-16(26)25(14)10-13-5-7-20-8-6-13/h5-8,14H,3-4,9-10H2,1-2H3,(H,21,27)/t14-/m0/s1. The van der Waals surface area contributed by atoms with E-state index in [1.165, 1.54) is 0 Å². The van der Waals surface area contributed by atoms with Crippen LogP contribution in [0.3, 0.4) is 0 Å². The maximum Gasteiger partial charge on any atom is 0.257 e. The number of aryl methyl sites for hydroxylation is 2. The second-order valence-electron chi connectivity index (χ2n) is 6.86. The van der Waals surface area contributed by atoms with Crippen molar-refractivity contribution in [2.24, 2.45) is 0 Å². The summed E-state index contributed by atoms with van der Waals surface area (Å²) >= 11 is 0. The van der Waals surface area contributed by atoms with Crippen molar-refractivity contribution in [3.05, 3.63) is 58.8 Å². The molecule has 1 saturated heterocycles. The van der Waals surface area contributed by atoms with Gasteiger partial charge in [-0.25, -0.2) is 0 Å². The molecule has 0 aliphatic carbocycles. The monoisotopic (exact) mass is 396 g/mol. The molecule has 3 aromatic heterocycles. The van der Waals surface area contributed by atoms with Crippen LogP contribution in [0.5, 0.6) is 0 Å². The third kappa shape index (κ3) is 3.86. The van der Waals surface area contributed by atoms with Gasteiger partial charge in [0.1, 0.15) is 17.4 Å². The zero-order valence-corrected chi connectivity index (χ0v) is 16.1. The van der Waals surface area contributed by atoms with Crippen LogP contribution in [0.25, 0.3) is 0 Å². The highest BCUT2D eigenvalue weighted by molar-refractivity contribution is 5.95. The van der Waals surface area contributed by atoms with Crippen molar-refractivity contribution in [1.82, 2.24) is 30.5 Å². The Morgan fingerprint density at radius 1 is 1.24 bits per heavy atom. The van der Waals surface area contributed by atoms with Crippen LogP contribution in [0.1, 0.15) is 58.0 Å². The van der Waals surface area contributed by atoms with Gasteiger partial charge in [-0.05, 0) is 38.0 Å². The number of carbonyl (C=O) groups is 2. The largest absolute Gasteiger partial charge is 0.361 e. The minimum atomic E-state index is -0.317. The van der Waals surface area contributed by atoms with Crippen molar-refractivity contribution in [3.63, 3.8) is 0 Å². The van der Waals surface area contributed by atoms with Crippen LogP contribution < -0.4 is 5.32 Å². The molecular formula is C19H20N6O4. The molecule has 0 unspecified atom stereocenters. The third-order valence-electron chi connectivity index (χ3n) is 4.87. The average molecular weight is 396 g/mol. The molecule has 4 rings (SSSR count).